The van der Waals surface area contributed by atoms with E-state index in [1.807, 2.05) is 37.3 Å². The van der Waals surface area contributed by atoms with Gasteiger partial charge in [0.15, 0.2) is 0 Å². The summed E-state index contributed by atoms with van der Waals surface area (Å²) in [5.74, 6) is -2.41. The van der Waals surface area contributed by atoms with Gasteiger partial charge in [0.2, 0.25) is 5.91 Å². The molecule has 0 bridgehead atoms. The lowest BCUT2D eigenvalue weighted by Gasteiger charge is -2.18. The molecule has 5 amide bonds. The van der Waals surface area contributed by atoms with E-state index in [4.69, 9.17) is 0 Å². The number of hydrogen-bond acceptors (Lipinski definition) is 4. The fourth-order valence-electron chi connectivity index (χ4n) is 3.15. The Morgan fingerprint density at radius 1 is 0.897 bits per heavy atom. The number of hydrogen-bond donors (Lipinski definition) is 1. The van der Waals surface area contributed by atoms with Crippen molar-refractivity contribution in [3.05, 3.63) is 71.3 Å². The molecule has 1 atom stereocenters. The number of rotatable bonds is 7. The Bertz CT molecular complexity index is 925. The third-order valence-corrected chi connectivity index (χ3v) is 4.89. The van der Waals surface area contributed by atoms with Crippen molar-refractivity contribution >= 4 is 23.8 Å². The van der Waals surface area contributed by atoms with Gasteiger partial charge in [-0.2, -0.15) is 0 Å². The minimum Gasteiger partial charge on any atom is -0.348 e. The second-order valence-corrected chi connectivity index (χ2v) is 6.94. The van der Waals surface area contributed by atoms with Crippen LogP contribution in [0.25, 0.3) is 0 Å². The number of nitrogens with zero attached hydrogens (tertiary/aromatic N) is 2. The third-order valence-electron chi connectivity index (χ3n) is 4.89. The predicted molar refractivity (Wildman–Crippen MR) is 106 cm³/mol. The Hall–Kier alpha value is -3.48. The van der Waals surface area contributed by atoms with E-state index in [9.17, 15) is 19.2 Å². The maximum absolute atomic E-state index is 12.5. The molecule has 1 aliphatic heterocycles. The highest BCUT2D eigenvalue weighted by Crippen LogP contribution is 2.17. The molecule has 1 fully saturated rings. The van der Waals surface area contributed by atoms with Gasteiger partial charge in [0, 0.05) is 0 Å². The molecule has 1 saturated heterocycles. The minimum atomic E-state index is -0.985. The number of aryl methyl sites for hydroxylation is 1. The zero-order valence-corrected chi connectivity index (χ0v) is 16.4. The Morgan fingerprint density at radius 3 is 2.14 bits per heavy atom. The standard InChI is InChI=1S/C22H23N3O4/c1-3-16-9-11-18(12-10-16)15(2)23-19(26)14-25-21(28)20(27)24(22(25)29)13-17-7-5-4-6-8-17/h4-12,15H,3,13-14H2,1-2H3,(H,23,26)/t15-/m0/s1. The fraction of sp³-hybridized carbons (Fsp3) is 0.273. The zero-order valence-electron chi connectivity index (χ0n) is 16.4. The molecular weight excluding hydrogens is 370 g/mol. The number of imide groups is 2. The smallest absolute Gasteiger partial charge is 0.335 e. The van der Waals surface area contributed by atoms with Gasteiger partial charge in [-0.3, -0.25) is 19.3 Å². The van der Waals surface area contributed by atoms with E-state index in [0.717, 1.165) is 22.4 Å². The fourth-order valence-corrected chi connectivity index (χ4v) is 3.15. The largest absolute Gasteiger partial charge is 0.348 e. The molecule has 0 unspecified atom stereocenters. The van der Waals surface area contributed by atoms with Gasteiger partial charge < -0.3 is 5.32 Å². The molecule has 0 radical (unpaired) electrons. The van der Waals surface area contributed by atoms with Gasteiger partial charge in [-0.1, -0.05) is 61.5 Å². The van der Waals surface area contributed by atoms with Crippen LogP contribution in [0.2, 0.25) is 0 Å². The number of urea groups is 1. The van der Waals surface area contributed by atoms with Gasteiger partial charge in [0.05, 0.1) is 12.6 Å². The summed E-state index contributed by atoms with van der Waals surface area (Å²) in [7, 11) is 0. The summed E-state index contributed by atoms with van der Waals surface area (Å²) in [4.78, 5) is 50.9. The van der Waals surface area contributed by atoms with Crippen LogP contribution in [0.5, 0.6) is 0 Å². The van der Waals surface area contributed by atoms with Crippen LogP contribution in [-0.4, -0.2) is 40.1 Å². The zero-order chi connectivity index (χ0) is 21.0. The lowest BCUT2D eigenvalue weighted by atomic mass is 10.1. The minimum absolute atomic E-state index is 0.0114. The van der Waals surface area contributed by atoms with E-state index in [1.165, 1.54) is 5.56 Å². The highest BCUT2D eigenvalue weighted by atomic mass is 16.2. The van der Waals surface area contributed by atoms with Gasteiger partial charge >= 0.3 is 17.8 Å². The van der Waals surface area contributed by atoms with Gasteiger partial charge in [0.1, 0.15) is 6.54 Å². The predicted octanol–water partition coefficient (Wildman–Crippen LogP) is 2.42. The second kappa shape index (κ2) is 8.68. The first-order valence-corrected chi connectivity index (χ1v) is 9.50. The molecule has 1 heterocycles. The van der Waals surface area contributed by atoms with E-state index >= 15 is 0 Å². The molecular formula is C22H23N3O4. The molecule has 29 heavy (non-hydrogen) atoms. The maximum atomic E-state index is 12.5. The summed E-state index contributed by atoms with van der Waals surface area (Å²) in [5.41, 5.74) is 2.83. The second-order valence-electron chi connectivity index (χ2n) is 6.94. The molecule has 7 heteroatoms. The summed E-state index contributed by atoms with van der Waals surface area (Å²) < 4.78 is 0. The van der Waals surface area contributed by atoms with Crippen LogP contribution in [0.4, 0.5) is 4.79 Å². The summed E-state index contributed by atoms with van der Waals surface area (Å²) in [6, 6.07) is 15.7. The Morgan fingerprint density at radius 2 is 1.52 bits per heavy atom. The molecule has 1 aliphatic rings. The number of nitrogens with one attached hydrogen (secondary N) is 1. The van der Waals surface area contributed by atoms with Crippen molar-refractivity contribution in [2.75, 3.05) is 6.54 Å². The van der Waals surface area contributed by atoms with E-state index in [1.54, 1.807) is 24.3 Å². The highest BCUT2D eigenvalue weighted by Gasteiger charge is 2.45. The van der Waals surface area contributed by atoms with Crippen LogP contribution < -0.4 is 5.32 Å². The van der Waals surface area contributed by atoms with E-state index < -0.39 is 30.3 Å². The van der Waals surface area contributed by atoms with Gasteiger partial charge in [-0.15, -0.1) is 0 Å². The van der Waals surface area contributed by atoms with Gasteiger partial charge in [0.25, 0.3) is 0 Å². The van der Waals surface area contributed by atoms with Crippen molar-refractivity contribution in [2.45, 2.75) is 32.9 Å². The summed E-state index contributed by atoms with van der Waals surface area (Å²) in [5, 5.41) is 2.77. The molecule has 0 spiro atoms. The highest BCUT2D eigenvalue weighted by molar-refractivity contribution is 6.44. The summed E-state index contributed by atoms with van der Waals surface area (Å²) in [6.45, 7) is 3.38. The molecule has 1 N–H and O–H groups in total. The average molecular weight is 393 g/mol. The van der Waals surface area contributed by atoms with Gasteiger partial charge in [-0.05, 0) is 30.0 Å². The molecule has 150 valence electrons. The van der Waals surface area contributed by atoms with Crippen molar-refractivity contribution in [2.24, 2.45) is 0 Å². The van der Waals surface area contributed by atoms with E-state index in [0.29, 0.717) is 4.90 Å². The van der Waals surface area contributed by atoms with E-state index in [-0.39, 0.29) is 12.6 Å². The van der Waals surface area contributed by atoms with Crippen LogP contribution in [0.15, 0.2) is 54.6 Å². The normalized spacial score (nSPS) is 15.0. The molecule has 2 aromatic rings. The quantitative estimate of drug-likeness (QED) is 0.578. The summed E-state index contributed by atoms with van der Waals surface area (Å²) >= 11 is 0. The third kappa shape index (κ3) is 4.51. The lowest BCUT2D eigenvalue weighted by molar-refractivity contribution is -0.144. The van der Waals surface area contributed by atoms with E-state index in [2.05, 4.69) is 12.2 Å². The first kappa shape index (κ1) is 20.3. The SMILES string of the molecule is CCc1ccc([C@H](C)NC(=O)CN2C(=O)C(=O)N(Cc3ccccc3)C2=O)cc1. The van der Waals surface area contributed by atoms with Crippen LogP contribution in [0.3, 0.4) is 0 Å². The lowest BCUT2D eigenvalue weighted by Crippen LogP contribution is -2.42. The van der Waals surface area contributed by atoms with Gasteiger partial charge in [-0.25, -0.2) is 9.69 Å². The average Bonchev–Trinajstić information content (AvgIpc) is 2.92. The van der Waals surface area contributed by atoms with Crippen LogP contribution in [0.1, 0.15) is 36.6 Å². The van der Waals surface area contributed by atoms with Crippen molar-refractivity contribution in [1.82, 2.24) is 15.1 Å². The molecule has 7 nitrogen and oxygen atoms in total. The number of benzene rings is 2. The topological polar surface area (TPSA) is 86.8 Å². The molecule has 0 aliphatic carbocycles. The molecule has 0 aromatic heterocycles. The van der Waals surface area contributed by atoms with Crippen LogP contribution >= 0.6 is 0 Å². The first-order valence-electron chi connectivity index (χ1n) is 9.50. The molecule has 2 aromatic carbocycles. The van der Waals surface area contributed by atoms with Crippen molar-refractivity contribution in [3.63, 3.8) is 0 Å². The van der Waals surface area contributed by atoms with Crippen LogP contribution in [-0.2, 0) is 27.3 Å². The van der Waals surface area contributed by atoms with Crippen molar-refractivity contribution in [3.8, 4) is 0 Å². The Kier molecular flexibility index (Phi) is 6.07. The monoisotopic (exact) mass is 393 g/mol. The van der Waals surface area contributed by atoms with Crippen LogP contribution in [0, 0.1) is 0 Å². The maximum Gasteiger partial charge on any atom is 0.335 e. The Labute approximate surface area is 169 Å². The first-order chi connectivity index (χ1) is 13.9. The summed E-state index contributed by atoms with van der Waals surface area (Å²) in [6.07, 6.45) is 0.924. The molecule has 0 saturated carbocycles. The number of amides is 5. The van der Waals surface area contributed by atoms with Crippen molar-refractivity contribution in [1.29, 1.82) is 0 Å². The molecule has 3 rings (SSSR count). The van der Waals surface area contributed by atoms with Crippen molar-refractivity contribution < 1.29 is 19.2 Å². The number of carbonyl (C=O) groups is 4. The number of carbonyl (C=O) groups excluding carboxylic acids is 4. The Balaban J connectivity index is 1.62.